The van der Waals surface area contributed by atoms with Crippen LogP contribution in [0.25, 0.3) is 11.4 Å². The first-order valence-corrected chi connectivity index (χ1v) is 9.73. The molecule has 3 aromatic rings. The number of carbonyl (C=O) groups excluding carboxylic acids is 2. The maximum atomic E-state index is 12.8. The fourth-order valence-electron chi connectivity index (χ4n) is 2.64. The van der Waals surface area contributed by atoms with Gasteiger partial charge in [0, 0.05) is 19.2 Å². The van der Waals surface area contributed by atoms with Crippen molar-refractivity contribution < 1.29 is 9.59 Å². The van der Waals surface area contributed by atoms with Gasteiger partial charge in [-0.15, -0.1) is 10.2 Å². The highest BCUT2D eigenvalue weighted by Gasteiger charge is 2.26. The number of imide groups is 1. The Morgan fingerprint density at radius 1 is 1.04 bits per heavy atom. The van der Waals surface area contributed by atoms with E-state index in [0.29, 0.717) is 17.5 Å². The standard InChI is InChI=1S/C20H21N5O2S/c1-3-21-19(27)22-18(26)16(14-10-6-4-7-11-14)28-20-24-23-17(25(20)2)15-12-8-5-9-13-15/h4-13,16H,3H2,1-2H3,(H2,21,22,26,27)/t16-/m0/s1. The fourth-order valence-corrected chi connectivity index (χ4v) is 3.65. The summed E-state index contributed by atoms with van der Waals surface area (Å²) in [6, 6.07) is 18.5. The lowest BCUT2D eigenvalue weighted by molar-refractivity contribution is -0.119. The highest BCUT2D eigenvalue weighted by atomic mass is 32.2. The van der Waals surface area contributed by atoms with Crippen LogP contribution in [0.4, 0.5) is 4.79 Å². The molecule has 0 fully saturated rings. The SMILES string of the molecule is CCNC(=O)NC(=O)[C@@H](Sc1nnc(-c2ccccc2)n1C)c1ccccc1. The van der Waals surface area contributed by atoms with Crippen LogP contribution in [0.15, 0.2) is 65.8 Å². The summed E-state index contributed by atoms with van der Waals surface area (Å²) in [7, 11) is 1.86. The molecule has 0 spiro atoms. The van der Waals surface area contributed by atoms with E-state index in [1.54, 1.807) is 6.92 Å². The summed E-state index contributed by atoms with van der Waals surface area (Å²) in [4.78, 5) is 24.6. The third-order valence-electron chi connectivity index (χ3n) is 4.00. The summed E-state index contributed by atoms with van der Waals surface area (Å²) in [6.45, 7) is 2.23. The largest absolute Gasteiger partial charge is 0.338 e. The number of nitrogens with one attached hydrogen (secondary N) is 2. The minimum atomic E-state index is -0.643. The molecule has 0 unspecified atom stereocenters. The molecule has 0 aliphatic rings. The number of rotatable bonds is 6. The van der Waals surface area contributed by atoms with E-state index in [-0.39, 0.29) is 0 Å². The van der Waals surface area contributed by atoms with Crippen LogP contribution in [0, 0.1) is 0 Å². The predicted molar refractivity (Wildman–Crippen MR) is 109 cm³/mol. The number of hydrogen-bond donors (Lipinski definition) is 2. The molecule has 2 aromatic carbocycles. The molecule has 0 saturated carbocycles. The third kappa shape index (κ3) is 4.58. The molecule has 1 aromatic heterocycles. The second-order valence-corrected chi connectivity index (χ2v) is 7.06. The molecular weight excluding hydrogens is 374 g/mol. The van der Waals surface area contributed by atoms with Crippen LogP contribution in [0.1, 0.15) is 17.7 Å². The zero-order valence-corrected chi connectivity index (χ0v) is 16.4. The van der Waals surface area contributed by atoms with Crippen molar-refractivity contribution in [2.75, 3.05) is 6.54 Å². The van der Waals surface area contributed by atoms with Crippen LogP contribution in [0.2, 0.25) is 0 Å². The smallest absolute Gasteiger partial charge is 0.321 e. The number of urea groups is 1. The van der Waals surface area contributed by atoms with Crippen molar-refractivity contribution in [3.63, 3.8) is 0 Å². The summed E-state index contributed by atoms with van der Waals surface area (Å²) >= 11 is 1.25. The van der Waals surface area contributed by atoms with Gasteiger partial charge in [-0.05, 0) is 12.5 Å². The molecule has 0 aliphatic heterocycles. The van der Waals surface area contributed by atoms with E-state index in [9.17, 15) is 9.59 Å². The van der Waals surface area contributed by atoms with Crippen molar-refractivity contribution in [1.29, 1.82) is 0 Å². The molecule has 2 N–H and O–H groups in total. The number of benzene rings is 2. The van der Waals surface area contributed by atoms with E-state index in [0.717, 1.165) is 11.1 Å². The van der Waals surface area contributed by atoms with E-state index in [1.165, 1.54) is 11.8 Å². The number of hydrogen-bond acceptors (Lipinski definition) is 5. The van der Waals surface area contributed by atoms with Gasteiger partial charge in [0.15, 0.2) is 11.0 Å². The van der Waals surface area contributed by atoms with Crippen LogP contribution in [-0.2, 0) is 11.8 Å². The Hall–Kier alpha value is -3.13. The number of amides is 3. The van der Waals surface area contributed by atoms with E-state index < -0.39 is 17.2 Å². The lowest BCUT2D eigenvalue weighted by Crippen LogP contribution is -2.41. The molecule has 3 amide bonds. The monoisotopic (exact) mass is 395 g/mol. The molecule has 28 heavy (non-hydrogen) atoms. The Labute approximate surface area is 167 Å². The molecule has 8 heteroatoms. The lowest BCUT2D eigenvalue weighted by Gasteiger charge is -2.16. The van der Waals surface area contributed by atoms with Crippen molar-refractivity contribution in [1.82, 2.24) is 25.4 Å². The van der Waals surface area contributed by atoms with Crippen molar-refractivity contribution >= 4 is 23.7 Å². The van der Waals surface area contributed by atoms with Gasteiger partial charge in [-0.2, -0.15) is 0 Å². The van der Waals surface area contributed by atoms with E-state index >= 15 is 0 Å². The van der Waals surface area contributed by atoms with Gasteiger partial charge in [0.25, 0.3) is 0 Å². The average molecular weight is 395 g/mol. The Bertz CT molecular complexity index is 944. The number of carbonyl (C=O) groups is 2. The van der Waals surface area contributed by atoms with Crippen LogP contribution in [-0.4, -0.2) is 33.2 Å². The van der Waals surface area contributed by atoms with Crippen molar-refractivity contribution in [3.8, 4) is 11.4 Å². The van der Waals surface area contributed by atoms with Crippen molar-refractivity contribution in [3.05, 3.63) is 66.2 Å². The van der Waals surface area contributed by atoms with E-state index in [1.807, 2.05) is 72.3 Å². The van der Waals surface area contributed by atoms with Gasteiger partial charge < -0.3 is 9.88 Å². The topological polar surface area (TPSA) is 88.9 Å². The van der Waals surface area contributed by atoms with Gasteiger partial charge in [-0.25, -0.2) is 4.79 Å². The van der Waals surface area contributed by atoms with Crippen molar-refractivity contribution in [2.24, 2.45) is 7.05 Å². The molecular formula is C20H21N5O2S. The molecule has 0 aliphatic carbocycles. The third-order valence-corrected chi connectivity index (χ3v) is 5.29. The van der Waals surface area contributed by atoms with Gasteiger partial charge in [-0.3, -0.25) is 10.1 Å². The summed E-state index contributed by atoms with van der Waals surface area (Å²) in [5.74, 6) is 0.297. The van der Waals surface area contributed by atoms with Gasteiger partial charge >= 0.3 is 6.03 Å². The molecule has 0 saturated heterocycles. The van der Waals surface area contributed by atoms with E-state index in [2.05, 4.69) is 20.8 Å². The summed E-state index contributed by atoms with van der Waals surface area (Å²) in [5.41, 5.74) is 1.71. The zero-order valence-electron chi connectivity index (χ0n) is 15.6. The molecule has 7 nitrogen and oxygen atoms in total. The summed E-state index contributed by atoms with van der Waals surface area (Å²) in [5, 5.41) is 13.4. The highest BCUT2D eigenvalue weighted by molar-refractivity contribution is 8.00. The zero-order chi connectivity index (χ0) is 19.9. The van der Waals surface area contributed by atoms with Gasteiger partial charge in [0.05, 0.1) is 0 Å². The van der Waals surface area contributed by atoms with Crippen molar-refractivity contribution in [2.45, 2.75) is 17.3 Å². The second kappa shape index (κ2) is 9.18. The molecule has 0 bridgehead atoms. The number of nitrogens with zero attached hydrogens (tertiary/aromatic N) is 3. The second-order valence-electron chi connectivity index (χ2n) is 5.99. The maximum Gasteiger partial charge on any atom is 0.321 e. The first-order valence-electron chi connectivity index (χ1n) is 8.85. The maximum absolute atomic E-state index is 12.8. The van der Waals surface area contributed by atoms with Crippen LogP contribution in [0.3, 0.4) is 0 Å². The molecule has 144 valence electrons. The quantitative estimate of drug-likeness (QED) is 0.626. The summed E-state index contributed by atoms with van der Waals surface area (Å²) in [6.07, 6.45) is 0. The first-order chi connectivity index (χ1) is 13.6. The Morgan fingerprint density at radius 2 is 1.68 bits per heavy atom. The molecule has 3 rings (SSSR count). The minimum absolute atomic E-state index is 0.411. The van der Waals surface area contributed by atoms with Gasteiger partial charge in [0.2, 0.25) is 5.91 Å². The molecule has 0 radical (unpaired) electrons. The summed E-state index contributed by atoms with van der Waals surface area (Å²) < 4.78 is 1.84. The molecule has 1 heterocycles. The minimum Gasteiger partial charge on any atom is -0.338 e. The first kappa shape index (κ1) is 19.6. The number of aromatic nitrogens is 3. The average Bonchev–Trinajstić information content (AvgIpc) is 3.07. The Balaban J connectivity index is 1.87. The van der Waals surface area contributed by atoms with Gasteiger partial charge in [0.1, 0.15) is 5.25 Å². The fraction of sp³-hybridized carbons (Fsp3) is 0.200. The van der Waals surface area contributed by atoms with Crippen LogP contribution in [0.5, 0.6) is 0 Å². The lowest BCUT2D eigenvalue weighted by atomic mass is 10.1. The normalized spacial score (nSPS) is 11.6. The Kier molecular flexibility index (Phi) is 6.44. The number of thioether (sulfide) groups is 1. The highest BCUT2D eigenvalue weighted by Crippen LogP contribution is 2.35. The van der Waals surface area contributed by atoms with E-state index in [4.69, 9.17) is 0 Å². The van der Waals surface area contributed by atoms with Gasteiger partial charge in [-0.1, -0.05) is 72.4 Å². The Morgan fingerprint density at radius 3 is 2.32 bits per heavy atom. The predicted octanol–water partition coefficient (Wildman–Crippen LogP) is 3.16. The van der Waals surface area contributed by atoms with Crippen LogP contribution < -0.4 is 10.6 Å². The van der Waals surface area contributed by atoms with Crippen LogP contribution >= 0.6 is 11.8 Å². The molecule has 1 atom stereocenters.